The predicted octanol–water partition coefficient (Wildman–Crippen LogP) is -1.34. The SMILES string of the molecule is CS(=O)(=O)N1CCCC(C(=O)N(CC(=O)O)CC(=O)O)C1. The molecule has 1 unspecified atom stereocenters. The first kappa shape index (κ1) is 17.4. The monoisotopic (exact) mass is 322 g/mol. The molecule has 9 nitrogen and oxygen atoms in total. The molecule has 1 fully saturated rings. The summed E-state index contributed by atoms with van der Waals surface area (Å²) in [7, 11) is -3.43. The summed E-state index contributed by atoms with van der Waals surface area (Å²) in [6.07, 6.45) is 1.91. The topological polar surface area (TPSA) is 132 Å². The average Bonchev–Trinajstić information content (AvgIpc) is 2.35. The highest BCUT2D eigenvalue weighted by molar-refractivity contribution is 7.88. The van der Waals surface area contributed by atoms with E-state index < -0.39 is 46.9 Å². The van der Waals surface area contributed by atoms with E-state index in [1.54, 1.807) is 0 Å². The van der Waals surface area contributed by atoms with Crippen LogP contribution in [0.4, 0.5) is 0 Å². The Labute approximate surface area is 122 Å². The maximum Gasteiger partial charge on any atom is 0.323 e. The Morgan fingerprint density at radius 2 is 1.71 bits per heavy atom. The highest BCUT2D eigenvalue weighted by Gasteiger charge is 2.33. The van der Waals surface area contributed by atoms with Gasteiger partial charge in [0.15, 0.2) is 0 Å². The van der Waals surface area contributed by atoms with Crippen molar-refractivity contribution >= 4 is 27.9 Å². The van der Waals surface area contributed by atoms with E-state index >= 15 is 0 Å². The number of hydrogen-bond donors (Lipinski definition) is 2. The van der Waals surface area contributed by atoms with Gasteiger partial charge < -0.3 is 15.1 Å². The van der Waals surface area contributed by atoms with Crippen LogP contribution in [0.2, 0.25) is 0 Å². The number of carboxylic acid groups (broad SMARTS) is 2. The zero-order valence-corrected chi connectivity index (χ0v) is 12.4. The highest BCUT2D eigenvalue weighted by Crippen LogP contribution is 2.20. The van der Waals surface area contributed by atoms with Crippen LogP contribution in [-0.4, -0.2) is 78.1 Å². The minimum Gasteiger partial charge on any atom is -0.480 e. The van der Waals surface area contributed by atoms with Crippen LogP contribution < -0.4 is 0 Å². The number of amides is 1. The molecule has 0 radical (unpaired) electrons. The van der Waals surface area contributed by atoms with Crippen LogP contribution in [0, 0.1) is 5.92 Å². The molecule has 1 aliphatic rings. The first-order chi connectivity index (χ1) is 9.61. The molecule has 0 aromatic rings. The zero-order chi connectivity index (χ0) is 16.2. The first-order valence-corrected chi connectivity index (χ1v) is 8.13. The summed E-state index contributed by atoms with van der Waals surface area (Å²) in [5.41, 5.74) is 0. The second-order valence-electron chi connectivity index (χ2n) is 4.94. The van der Waals surface area contributed by atoms with Crippen molar-refractivity contribution in [1.82, 2.24) is 9.21 Å². The number of nitrogens with zero attached hydrogens (tertiary/aromatic N) is 2. The summed E-state index contributed by atoms with van der Waals surface area (Å²) < 4.78 is 24.1. The molecule has 1 heterocycles. The summed E-state index contributed by atoms with van der Waals surface area (Å²) in [6, 6.07) is 0. The Bertz CT molecular complexity index is 515. The lowest BCUT2D eigenvalue weighted by molar-refractivity contribution is -0.151. The van der Waals surface area contributed by atoms with Crippen molar-refractivity contribution in [3.63, 3.8) is 0 Å². The van der Waals surface area contributed by atoms with Crippen LogP contribution in [0.15, 0.2) is 0 Å². The van der Waals surface area contributed by atoms with Crippen LogP contribution in [0.5, 0.6) is 0 Å². The molecule has 1 atom stereocenters. The molecule has 1 saturated heterocycles. The largest absolute Gasteiger partial charge is 0.480 e. The Kier molecular flexibility index (Phi) is 5.67. The Morgan fingerprint density at radius 3 is 2.14 bits per heavy atom. The Hall–Kier alpha value is -1.68. The molecule has 1 amide bonds. The molecule has 0 aliphatic carbocycles. The fraction of sp³-hybridized carbons (Fsp3) is 0.727. The van der Waals surface area contributed by atoms with Gasteiger partial charge in [-0.25, -0.2) is 12.7 Å². The lowest BCUT2D eigenvalue weighted by Crippen LogP contribution is -2.48. The van der Waals surface area contributed by atoms with Gasteiger partial charge in [-0.1, -0.05) is 0 Å². The van der Waals surface area contributed by atoms with E-state index in [0.717, 1.165) is 15.5 Å². The molecule has 0 aromatic carbocycles. The minimum atomic E-state index is -3.43. The summed E-state index contributed by atoms with van der Waals surface area (Å²) in [4.78, 5) is 34.4. The Balaban J connectivity index is 2.82. The van der Waals surface area contributed by atoms with Crippen molar-refractivity contribution < 1.29 is 33.0 Å². The smallest absolute Gasteiger partial charge is 0.323 e. The van der Waals surface area contributed by atoms with Gasteiger partial charge in [-0.3, -0.25) is 14.4 Å². The molecule has 0 aromatic heterocycles. The van der Waals surface area contributed by atoms with E-state index in [1.807, 2.05) is 0 Å². The van der Waals surface area contributed by atoms with E-state index in [9.17, 15) is 22.8 Å². The maximum absolute atomic E-state index is 12.2. The van der Waals surface area contributed by atoms with Gasteiger partial charge in [-0.2, -0.15) is 0 Å². The maximum atomic E-state index is 12.2. The van der Waals surface area contributed by atoms with Gasteiger partial charge >= 0.3 is 11.9 Å². The van der Waals surface area contributed by atoms with Crippen molar-refractivity contribution in [3.8, 4) is 0 Å². The fourth-order valence-corrected chi connectivity index (χ4v) is 3.15. The second kappa shape index (κ2) is 6.85. The van der Waals surface area contributed by atoms with Crippen LogP contribution in [0.25, 0.3) is 0 Å². The number of sulfonamides is 1. The summed E-state index contributed by atoms with van der Waals surface area (Å²) >= 11 is 0. The number of carboxylic acids is 2. The molecular weight excluding hydrogens is 304 g/mol. The minimum absolute atomic E-state index is 0.0482. The number of hydrogen-bond acceptors (Lipinski definition) is 5. The standard InChI is InChI=1S/C11H18N2O7S/c1-21(19,20)13-4-2-3-8(5-13)11(18)12(6-9(14)15)7-10(16)17/h8H,2-7H2,1H3,(H,14,15)(H,16,17). The van der Waals surface area contributed by atoms with Gasteiger partial charge in [0, 0.05) is 13.1 Å². The summed E-state index contributed by atoms with van der Waals surface area (Å²) in [6.45, 7) is -1.19. The van der Waals surface area contributed by atoms with Gasteiger partial charge in [0.1, 0.15) is 13.1 Å². The third-order valence-corrected chi connectivity index (χ3v) is 4.44. The number of piperidine rings is 1. The quantitative estimate of drug-likeness (QED) is 0.618. The summed E-state index contributed by atoms with van der Waals surface area (Å²) in [5.74, 6) is -4.00. The van der Waals surface area contributed by atoms with Crippen LogP contribution in [-0.2, 0) is 24.4 Å². The van der Waals surface area contributed by atoms with Crippen LogP contribution in [0.3, 0.4) is 0 Å². The first-order valence-electron chi connectivity index (χ1n) is 6.28. The lowest BCUT2D eigenvalue weighted by atomic mass is 9.98. The van der Waals surface area contributed by atoms with Crippen LogP contribution in [0.1, 0.15) is 12.8 Å². The number of aliphatic carboxylic acids is 2. The lowest BCUT2D eigenvalue weighted by Gasteiger charge is -2.32. The third-order valence-electron chi connectivity index (χ3n) is 3.17. The molecule has 1 rings (SSSR count). The third kappa shape index (κ3) is 5.31. The van der Waals surface area contributed by atoms with E-state index in [1.165, 1.54) is 0 Å². The molecule has 0 saturated carbocycles. The van der Waals surface area contributed by atoms with E-state index in [-0.39, 0.29) is 6.54 Å². The Morgan fingerprint density at radius 1 is 1.19 bits per heavy atom. The van der Waals surface area contributed by atoms with Gasteiger partial charge in [0.2, 0.25) is 15.9 Å². The zero-order valence-electron chi connectivity index (χ0n) is 11.6. The normalized spacial score (nSPS) is 20.0. The van der Waals surface area contributed by atoms with Gasteiger partial charge in [-0.15, -0.1) is 0 Å². The highest BCUT2D eigenvalue weighted by atomic mass is 32.2. The summed E-state index contributed by atoms with van der Waals surface area (Å²) in [5, 5.41) is 17.5. The van der Waals surface area contributed by atoms with Gasteiger partial charge in [0.05, 0.1) is 12.2 Å². The molecule has 0 spiro atoms. The fourth-order valence-electron chi connectivity index (χ4n) is 2.24. The van der Waals surface area contributed by atoms with Crippen molar-refractivity contribution in [2.75, 3.05) is 32.4 Å². The molecular formula is C11H18N2O7S. The second-order valence-corrected chi connectivity index (χ2v) is 6.92. The van der Waals surface area contributed by atoms with Gasteiger partial charge in [-0.05, 0) is 12.8 Å². The van der Waals surface area contributed by atoms with E-state index in [2.05, 4.69) is 0 Å². The molecule has 0 bridgehead atoms. The molecule has 120 valence electrons. The molecule has 21 heavy (non-hydrogen) atoms. The molecule has 2 N–H and O–H groups in total. The van der Waals surface area contributed by atoms with Gasteiger partial charge in [0.25, 0.3) is 0 Å². The molecule has 10 heteroatoms. The molecule has 1 aliphatic heterocycles. The number of rotatable bonds is 6. The number of carbonyl (C=O) groups excluding carboxylic acids is 1. The van der Waals surface area contributed by atoms with Crippen molar-refractivity contribution in [3.05, 3.63) is 0 Å². The van der Waals surface area contributed by atoms with Crippen molar-refractivity contribution in [1.29, 1.82) is 0 Å². The predicted molar refractivity (Wildman–Crippen MR) is 71.0 cm³/mol. The van der Waals surface area contributed by atoms with Crippen molar-refractivity contribution in [2.24, 2.45) is 5.92 Å². The van der Waals surface area contributed by atoms with E-state index in [0.29, 0.717) is 19.4 Å². The van der Waals surface area contributed by atoms with E-state index in [4.69, 9.17) is 10.2 Å². The number of carbonyl (C=O) groups is 3. The average molecular weight is 322 g/mol. The van der Waals surface area contributed by atoms with Crippen LogP contribution >= 0.6 is 0 Å². The van der Waals surface area contributed by atoms with Crippen molar-refractivity contribution in [2.45, 2.75) is 12.8 Å².